The van der Waals surface area contributed by atoms with Gasteiger partial charge in [-0.3, -0.25) is 9.58 Å². The number of benzene rings is 1. The van der Waals surface area contributed by atoms with Gasteiger partial charge in [0.05, 0.1) is 0 Å². The first-order chi connectivity index (χ1) is 11.8. The van der Waals surface area contributed by atoms with Crippen LogP contribution in [0, 0.1) is 0 Å². The average molecular weight is 323 g/mol. The van der Waals surface area contributed by atoms with Crippen LogP contribution in [0.15, 0.2) is 47.1 Å². The molecule has 1 aliphatic rings. The molecule has 4 rings (SSSR count). The first kappa shape index (κ1) is 15.1. The molecule has 0 amide bonds. The van der Waals surface area contributed by atoms with E-state index in [1.165, 1.54) is 5.56 Å². The van der Waals surface area contributed by atoms with E-state index in [1.807, 2.05) is 19.3 Å². The number of hydrogen-bond acceptors (Lipinski definition) is 5. The zero-order valence-electron chi connectivity index (χ0n) is 13.8. The monoisotopic (exact) mass is 323 g/mol. The van der Waals surface area contributed by atoms with Gasteiger partial charge in [0.15, 0.2) is 0 Å². The topological polar surface area (TPSA) is 60.0 Å². The zero-order chi connectivity index (χ0) is 16.4. The van der Waals surface area contributed by atoms with Gasteiger partial charge >= 0.3 is 0 Å². The van der Waals surface area contributed by atoms with Crippen molar-refractivity contribution in [2.75, 3.05) is 13.1 Å². The molecule has 1 saturated heterocycles. The van der Waals surface area contributed by atoms with Crippen molar-refractivity contribution in [3.63, 3.8) is 0 Å². The Balaban J connectivity index is 1.37. The maximum Gasteiger partial charge on any atom is 0.230 e. The van der Waals surface area contributed by atoms with E-state index in [0.717, 1.165) is 44.1 Å². The highest BCUT2D eigenvalue weighted by molar-refractivity contribution is 5.46. The highest BCUT2D eigenvalue weighted by Gasteiger charge is 2.25. The molecular formula is C18H21N5O. The number of aromatic nitrogens is 4. The Morgan fingerprint density at radius 2 is 1.92 bits per heavy atom. The lowest BCUT2D eigenvalue weighted by Crippen LogP contribution is -2.32. The Morgan fingerprint density at radius 3 is 2.62 bits per heavy atom. The van der Waals surface area contributed by atoms with E-state index in [9.17, 15) is 0 Å². The summed E-state index contributed by atoms with van der Waals surface area (Å²) in [7, 11) is 1.88. The van der Waals surface area contributed by atoms with Gasteiger partial charge in [0.2, 0.25) is 11.7 Å². The summed E-state index contributed by atoms with van der Waals surface area (Å²) in [6, 6.07) is 12.5. The average Bonchev–Trinajstić information content (AvgIpc) is 3.25. The van der Waals surface area contributed by atoms with Crippen LogP contribution in [0.2, 0.25) is 0 Å². The Hall–Kier alpha value is -2.47. The number of rotatable bonds is 4. The fourth-order valence-corrected chi connectivity index (χ4v) is 3.22. The molecule has 0 bridgehead atoms. The number of likely N-dealkylation sites (tertiary alicyclic amines) is 1. The van der Waals surface area contributed by atoms with Gasteiger partial charge in [0, 0.05) is 25.7 Å². The van der Waals surface area contributed by atoms with E-state index in [2.05, 4.69) is 50.5 Å². The molecule has 3 aromatic rings. The normalized spacial score (nSPS) is 16.5. The SMILES string of the molecule is Cn1ccc(-c2noc(C3CCN(Cc4ccccc4)CC3)n2)n1. The van der Waals surface area contributed by atoms with Crippen molar-refractivity contribution in [3.8, 4) is 11.5 Å². The van der Waals surface area contributed by atoms with Gasteiger partial charge in [-0.05, 0) is 37.6 Å². The molecule has 124 valence electrons. The predicted molar refractivity (Wildman–Crippen MR) is 90.2 cm³/mol. The maximum atomic E-state index is 5.49. The molecule has 0 aliphatic carbocycles. The fraction of sp³-hybridized carbons (Fsp3) is 0.389. The fourth-order valence-electron chi connectivity index (χ4n) is 3.22. The number of nitrogens with zero attached hydrogens (tertiary/aromatic N) is 5. The minimum Gasteiger partial charge on any atom is -0.339 e. The molecule has 1 aliphatic heterocycles. The van der Waals surface area contributed by atoms with Crippen LogP contribution in [0.25, 0.3) is 11.5 Å². The largest absolute Gasteiger partial charge is 0.339 e. The predicted octanol–water partition coefficient (Wildman–Crippen LogP) is 2.85. The van der Waals surface area contributed by atoms with Crippen LogP contribution in [0.5, 0.6) is 0 Å². The molecule has 0 saturated carbocycles. The van der Waals surface area contributed by atoms with Crippen molar-refractivity contribution in [2.24, 2.45) is 7.05 Å². The molecule has 6 nitrogen and oxygen atoms in total. The van der Waals surface area contributed by atoms with Gasteiger partial charge in [0.25, 0.3) is 0 Å². The summed E-state index contributed by atoms with van der Waals surface area (Å²) < 4.78 is 7.24. The summed E-state index contributed by atoms with van der Waals surface area (Å²) in [4.78, 5) is 7.04. The zero-order valence-corrected chi connectivity index (χ0v) is 13.8. The standard InChI is InChI=1S/C18H21N5O/c1-22-10-9-16(20-22)17-19-18(24-21-17)15-7-11-23(12-8-15)13-14-5-3-2-4-6-14/h2-6,9-10,15H,7-8,11-13H2,1H3. The van der Waals surface area contributed by atoms with Crippen molar-refractivity contribution in [1.82, 2.24) is 24.8 Å². The van der Waals surface area contributed by atoms with E-state index in [0.29, 0.717) is 11.7 Å². The van der Waals surface area contributed by atoms with E-state index < -0.39 is 0 Å². The number of aryl methyl sites for hydroxylation is 1. The van der Waals surface area contributed by atoms with E-state index in [1.54, 1.807) is 4.68 Å². The lowest BCUT2D eigenvalue weighted by atomic mass is 9.96. The number of piperidine rings is 1. The third-order valence-electron chi connectivity index (χ3n) is 4.57. The Kier molecular flexibility index (Phi) is 4.13. The van der Waals surface area contributed by atoms with Crippen LogP contribution < -0.4 is 0 Å². The molecule has 24 heavy (non-hydrogen) atoms. The molecule has 0 atom stereocenters. The van der Waals surface area contributed by atoms with Crippen molar-refractivity contribution >= 4 is 0 Å². The first-order valence-corrected chi connectivity index (χ1v) is 8.38. The van der Waals surface area contributed by atoms with E-state index in [4.69, 9.17) is 4.52 Å². The quantitative estimate of drug-likeness (QED) is 0.739. The summed E-state index contributed by atoms with van der Waals surface area (Å²) in [5.74, 6) is 1.68. The Bertz CT molecular complexity index is 787. The second-order valence-electron chi connectivity index (χ2n) is 6.37. The van der Waals surface area contributed by atoms with Gasteiger partial charge in [-0.2, -0.15) is 10.1 Å². The molecule has 0 spiro atoms. The smallest absolute Gasteiger partial charge is 0.230 e. The van der Waals surface area contributed by atoms with Crippen molar-refractivity contribution in [1.29, 1.82) is 0 Å². The van der Waals surface area contributed by atoms with Crippen molar-refractivity contribution < 1.29 is 4.52 Å². The van der Waals surface area contributed by atoms with Crippen LogP contribution in [0.3, 0.4) is 0 Å². The molecule has 3 heterocycles. The van der Waals surface area contributed by atoms with E-state index >= 15 is 0 Å². The van der Waals surface area contributed by atoms with Crippen LogP contribution >= 0.6 is 0 Å². The molecule has 1 aromatic carbocycles. The van der Waals surface area contributed by atoms with Gasteiger partial charge in [-0.1, -0.05) is 35.5 Å². The molecular weight excluding hydrogens is 302 g/mol. The number of hydrogen-bond donors (Lipinski definition) is 0. The summed E-state index contributed by atoms with van der Waals surface area (Å²) in [6.07, 6.45) is 3.99. The molecule has 0 N–H and O–H groups in total. The summed E-state index contributed by atoms with van der Waals surface area (Å²) >= 11 is 0. The van der Waals surface area contributed by atoms with Gasteiger partial charge in [0.1, 0.15) is 5.69 Å². The highest BCUT2D eigenvalue weighted by atomic mass is 16.5. The van der Waals surface area contributed by atoms with Crippen LogP contribution in [-0.2, 0) is 13.6 Å². The minimum absolute atomic E-state index is 0.349. The second-order valence-corrected chi connectivity index (χ2v) is 6.37. The minimum atomic E-state index is 0.349. The lowest BCUT2D eigenvalue weighted by Gasteiger charge is -2.30. The van der Waals surface area contributed by atoms with Gasteiger partial charge in [-0.25, -0.2) is 0 Å². The maximum absolute atomic E-state index is 5.49. The Labute approximate surface area is 141 Å². The third-order valence-corrected chi connectivity index (χ3v) is 4.57. The third kappa shape index (κ3) is 3.23. The van der Waals surface area contributed by atoms with E-state index in [-0.39, 0.29) is 0 Å². The molecule has 2 aromatic heterocycles. The highest BCUT2D eigenvalue weighted by Crippen LogP contribution is 2.28. The summed E-state index contributed by atoms with van der Waals surface area (Å²) in [5.41, 5.74) is 2.13. The second kappa shape index (κ2) is 6.57. The summed E-state index contributed by atoms with van der Waals surface area (Å²) in [6.45, 7) is 3.12. The molecule has 6 heteroatoms. The van der Waals surface area contributed by atoms with Gasteiger partial charge in [-0.15, -0.1) is 0 Å². The lowest BCUT2D eigenvalue weighted by molar-refractivity contribution is 0.187. The van der Waals surface area contributed by atoms with Crippen molar-refractivity contribution in [3.05, 3.63) is 54.0 Å². The van der Waals surface area contributed by atoms with Crippen LogP contribution in [-0.4, -0.2) is 37.9 Å². The van der Waals surface area contributed by atoms with Gasteiger partial charge < -0.3 is 4.52 Å². The first-order valence-electron chi connectivity index (χ1n) is 8.38. The van der Waals surface area contributed by atoms with Crippen LogP contribution in [0.4, 0.5) is 0 Å². The van der Waals surface area contributed by atoms with Crippen LogP contribution in [0.1, 0.15) is 30.2 Å². The Morgan fingerprint density at radius 1 is 1.12 bits per heavy atom. The molecule has 1 fully saturated rings. The summed E-state index contributed by atoms with van der Waals surface area (Å²) in [5, 5.41) is 8.41. The molecule has 0 radical (unpaired) electrons. The van der Waals surface area contributed by atoms with Crippen molar-refractivity contribution in [2.45, 2.75) is 25.3 Å². The molecule has 0 unspecified atom stereocenters.